The molecule has 0 saturated carbocycles. The van der Waals surface area contributed by atoms with Crippen LogP contribution < -0.4 is 0 Å². The maximum absolute atomic E-state index is 6.97. The van der Waals surface area contributed by atoms with Crippen molar-refractivity contribution in [1.29, 1.82) is 0 Å². The summed E-state index contributed by atoms with van der Waals surface area (Å²) in [6.07, 6.45) is 0. The topological polar surface area (TPSA) is 9.23 Å². The van der Waals surface area contributed by atoms with Crippen LogP contribution in [-0.4, -0.2) is 26.8 Å². The van der Waals surface area contributed by atoms with Crippen LogP contribution in [0.3, 0.4) is 0 Å². The number of rotatable bonds is 10. The van der Waals surface area contributed by atoms with Crippen LogP contribution in [0.25, 0.3) is 0 Å². The molecule has 0 heterocycles. The van der Waals surface area contributed by atoms with E-state index in [1.807, 2.05) is 0 Å². The quantitative estimate of drug-likeness (QED) is 0.240. The molecule has 0 aliphatic carbocycles. The second-order valence-corrected chi connectivity index (χ2v) is 16.8. The molecule has 2 heteroatoms. The number of benzene rings is 3. The molecule has 0 fully saturated rings. The Bertz CT molecular complexity index is 892. The van der Waals surface area contributed by atoms with Crippen LogP contribution in [0.2, 0.25) is 8.87 Å². The van der Waals surface area contributed by atoms with Gasteiger partial charge in [0, 0.05) is 0 Å². The SMILES string of the molecule is CC(C)(C[O][Sn]([CH2]C(C)(C)c1ccccc1)[CH2]C(C)(C)c1ccccc1)c1ccccc1. The van der Waals surface area contributed by atoms with Crippen LogP contribution in [-0.2, 0) is 19.3 Å². The third-order valence-corrected chi connectivity index (χ3v) is 15.5. The van der Waals surface area contributed by atoms with E-state index in [4.69, 9.17) is 3.07 Å². The summed E-state index contributed by atoms with van der Waals surface area (Å²) < 4.78 is 9.33. The maximum atomic E-state index is 6.97. The summed E-state index contributed by atoms with van der Waals surface area (Å²) in [5, 5.41) is 0. The Morgan fingerprint density at radius 1 is 0.500 bits per heavy atom. The molecule has 1 radical (unpaired) electrons. The first-order valence-electron chi connectivity index (χ1n) is 11.7. The molecule has 0 aromatic heterocycles. The van der Waals surface area contributed by atoms with Crippen molar-refractivity contribution in [2.45, 2.75) is 66.7 Å². The van der Waals surface area contributed by atoms with Crippen LogP contribution in [0.1, 0.15) is 58.2 Å². The van der Waals surface area contributed by atoms with E-state index in [0.717, 1.165) is 6.61 Å². The Kier molecular flexibility index (Phi) is 8.27. The summed E-state index contributed by atoms with van der Waals surface area (Å²) in [5.41, 5.74) is 4.45. The van der Waals surface area contributed by atoms with E-state index >= 15 is 0 Å². The Hall–Kier alpha value is -1.58. The van der Waals surface area contributed by atoms with Crippen molar-refractivity contribution >= 4 is 20.2 Å². The fourth-order valence-electron chi connectivity index (χ4n) is 4.39. The number of hydrogen-bond donors (Lipinski definition) is 0. The first kappa shape index (κ1) is 25.0. The normalized spacial score (nSPS) is 12.8. The minimum absolute atomic E-state index is 0.0147. The van der Waals surface area contributed by atoms with Gasteiger partial charge in [-0.2, -0.15) is 0 Å². The van der Waals surface area contributed by atoms with Gasteiger partial charge in [0.1, 0.15) is 0 Å². The molecule has 32 heavy (non-hydrogen) atoms. The fourth-order valence-corrected chi connectivity index (χ4v) is 13.7. The zero-order chi connectivity index (χ0) is 23.2. The summed E-state index contributed by atoms with van der Waals surface area (Å²) in [6, 6.07) is 32.8. The van der Waals surface area contributed by atoms with Crippen LogP contribution >= 0.6 is 0 Å². The number of hydrogen-bond acceptors (Lipinski definition) is 1. The molecule has 3 rings (SSSR count). The van der Waals surface area contributed by atoms with Gasteiger partial charge in [-0.1, -0.05) is 0 Å². The van der Waals surface area contributed by atoms with Crippen molar-refractivity contribution in [3.63, 3.8) is 0 Å². The average Bonchev–Trinajstić information content (AvgIpc) is 2.79. The van der Waals surface area contributed by atoms with Crippen molar-refractivity contribution < 1.29 is 3.07 Å². The third-order valence-electron chi connectivity index (χ3n) is 6.58. The molecular formula is C30H39OSn. The molecule has 0 unspecified atom stereocenters. The summed E-state index contributed by atoms with van der Waals surface area (Å²) in [7, 11) is 0. The monoisotopic (exact) mass is 535 g/mol. The Balaban J connectivity index is 1.82. The van der Waals surface area contributed by atoms with Crippen LogP contribution in [0.5, 0.6) is 0 Å². The van der Waals surface area contributed by atoms with Gasteiger partial charge in [0.05, 0.1) is 0 Å². The Labute approximate surface area is 203 Å². The standard InChI is InChI=1S/C10H13O.2C10H13.Sn/c1-10(2,8-11)9-6-4-3-5-7-9;2*1-10(2,3)9-7-5-4-6-8-9;/h3-7H,8H2,1-2H3;2*4-8H,1H2,2-3H3;/q-1;;;+1. The summed E-state index contributed by atoms with van der Waals surface area (Å²) >= 11 is -2.26. The van der Waals surface area contributed by atoms with Crippen LogP contribution in [0.15, 0.2) is 91.0 Å². The van der Waals surface area contributed by atoms with Crippen molar-refractivity contribution in [1.82, 2.24) is 0 Å². The fraction of sp³-hybridized carbons (Fsp3) is 0.400. The van der Waals surface area contributed by atoms with Crippen LogP contribution in [0.4, 0.5) is 0 Å². The van der Waals surface area contributed by atoms with E-state index in [-0.39, 0.29) is 16.2 Å². The molecule has 0 spiro atoms. The van der Waals surface area contributed by atoms with Gasteiger partial charge in [-0.25, -0.2) is 0 Å². The predicted octanol–water partition coefficient (Wildman–Crippen LogP) is 7.93. The molecule has 0 N–H and O–H groups in total. The van der Waals surface area contributed by atoms with E-state index in [1.54, 1.807) is 0 Å². The molecule has 1 nitrogen and oxygen atoms in total. The molecule has 0 atom stereocenters. The van der Waals surface area contributed by atoms with E-state index in [1.165, 1.54) is 25.6 Å². The second kappa shape index (κ2) is 10.6. The summed E-state index contributed by atoms with van der Waals surface area (Å²) in [6.45, 7) is 15.0. The van der Waals surface area contributed by atoms with Gasteiger partial charge in [-0.05, 0) is 0 Å². The van der Waals surface area contributed by atoms with Gasteiger partial charge in [0.25, 0.3) is 0 Å². The zero-order valence-electron chi connectivity index (χ0n) is 20.7. The molecule has 3 aromatic carbocycles. The molecule has 0 saturated heterocycles. The van der Waals surface area contributed by atoms with Gasteiger partial charge in [-0.15, -0.1) is 0 Å². The molecule has 0 bridgehead atoms. The Morgan fingerprint density at radius 3 is 1.16 bits per heavy atom. The Morgan fingerprint density at radius 2 is 0.812 bits per heavy atom. The molecule has 0 amide bonds. The van der Waals surface area contributed by atoms with E-state index in [9.17, 15) is 0 Å². The summed E-state index contributed by atoms with van der Waals surface area (Å²) in [4.78, 5) is 0. The third kappa shape index (κ3) is 6.71. The molecule has 169 valence electrons. The molecule has 0 aliphatic rings. The predicted molar refractivity (Wildman–Crippen MR) is 140 cm³/mol. The molecule has 3 aromatic rings. The van der Waals surface area contributed by atoms with Crippen molar-refractivity contribution in [3.05, 3.63) is 108 Å². The van der Waals surface area contributed by atoms with Gasteiger partial charge in [-0.3, -0.25) is 0 Å². The van der Waals surface area contributed by atoms with Crippen molar-refractivity contribution in [2.24, 2.45) is 0 Å². The first-order valence-corrected chi connectivity index (χ1v) is 16.9. The van der Waals surface area contributed by atoms with E-state index in [0.29, 0.717) is 0 Å². The van der Waals surface area contributed by atoms with Gasteiger partial charge in [0.15, 0.2) is 0 Å². The van der Waals surface area contributed by atoms with Gasteiger partial charge in [0.2, 0.25) is 0 Å². The summed E-state index contributed by atoms with van der Waals surface area (Å²) in [5.74, 6) is 0. The van der Waals surface area contributed by atoms with Gasteiger partial charge >= 0.3 is 204 Å². The first-order chi connectivity index (χ1) is 15.1. The minimum atomic E-state index is -2.26. The molecular weight excluding hydrogens is 495 g/mol. The van der Waals surface area contributed by atoms with Gasteiger partial charge < -0.3 is 0 Å². The van der Waals surface area contributed by atoms with Crippen LogP contribution in [0, 0.1) is 0 Å². The van der Waals surface area contributed by atoms with E-state index < -0.39 is 20.2 Å². The van der Waals surface area contributed by atoms with Crippen molar-refractivity contribution in [3.8, 4) is 0 Å². The zero-order valence-corrected chi connectivity index (χ0v) is 23.5. The molecule has 0 aliphatic heterocycles. The van der Waals surface area contributed by atoms with E-state index in [2.05, 4.69) is 133 Å². The average molecular weight is 534 g/mol. The second-order valence-electron chi connectivity index (χ2n) is 10.9. The van der Waals surface area contributed by atoms with Crippen molar-refractivity contribution in [2.75, 3.05) is 6.61 Å².